The molecule has 164 valence electrons. The summed E-state index contributed by atoms with van der Waals surface area (Å²) in [6, 6.07) is 16.2. The van der Waals surface area contributed by atoms with Gasteiger partial charge in [-0.15, -0.1) is 0 Å². The third-order valence-corrected chi connectivity index (χ3v) is 6.47. The molecular weight excluding hydrogens is 414 g/mol. The Morgan fingerprint density at radius 1 is 1.19 bits per heavy atom. The predicted octanol–water partition coefficient (Wildman–Crippen LogP) is 1.53. The first-order valence-corrected chi connectivity index (χ1v) is 10.7. The quantitative estimate of drug-likeness (QED) is 0.607. The van der Waals surface area contributed by atoms with Crippen molar-refractivity contribution in [2.75, 3.05) is 19.1 Å². The molecule has 1 heterocycles. The van der Waals surface area contributed by atoms with Crippen molar-refractivity contribution in [2.24, 2.45) is 5.92 Å². The Hall–Kier alpha value is -2.68. The molecule has 4 rings (SSSR count). The summed E-state index contributed by atoms with van der Waals surface area (Å²) in [5.41, 5.74) is 1.83. The third kappa shape index (κ3) is 4.11. The number of aliphatic hydroxyl groups is 2. The summed E-state index contributed by atoms with van der Waals surface area (Å²) in [4.78, 5) is 17.1. The summed E-state index contributed by atoms with van der Waals surface area (Å²) < 4.78 is 5.24. The number of benzene rings is 2. The molecule has 8 heteroatoms. The van der Waals surface area contributed by atoms with E-state index in [9.17, 15) is 15.0 Å². The molecule has 1 aliphatic carbocycles. The van der Waals surface area contributed by atoms with E-state index in [2.05, 4.69) is 5.32 Å². The van der Waals surface area contributed by atoms with Crippen molar-refractivity contribution < 1.29 is 19.7 Å². The maximum Gasteiger partial charge on any atom is 0.228 e. The molecule has 0 unspecified atom stereocenters. The minimum absolute atomic E-state index is 0.0881. The third-order valence-electron chi connectivity index (χ3n) is 6.15. The van der Waals surface area contributed by atoms with Crippen molar-refractivity contribution in [2.45, 2.75) is 37.3 Å². The van der Waals surface area contributed by atoms with Crippen molar-refractivity contribution in [1.29, 1.82) is 0 Å². The standard InChI is InChI=1S/C23H27N3O4S/c1-25(13-14-6-4-3-5-7-14)22(29)17-12-18(27)21(28)19-20(17)26(23(31)24-19)15-8-10-16(30-2)11-9-15/h3-11,17-21,27-28H,12-13H2,1-2H3,(H,24,31)/t17-,18-,19-,20-,21+/m1/s1. The average Bonchev–Trinajstić information content (AvgIpc) is 3.13. The zero-order valence-corrected chi connectivity index (χ0v) is 18.3. The fraction of sp³-hybridized carbons (Fsp3) is 0.391. The number of carbonyl (C=O) groups excluding carboxylic acids is 1. The van der Waals surface area contributed by atoms with E-state index in [4.69, 9.17) is 17.0 Å². The van der Waals surface area contributed by atoms with Gasteiger partial charge in [-0.3, -0.25) is 4.79 Å². The number of methoxy groups -OCH3 is 1. The number of rotatable bonds is 5. The van der Waals surface area contributed by atoms with Crippen LogP contribution in [0.2, 0.25) is 0 Å². The molecular formula is C23H27N3O4S. The average molecular weight is 442 g/mol. The fourth-order valence-electron chi connectivity index (χ4n) is 4.59. The molecule has 2 aromatic rings. The van der Waals surface area contributed by atoms with Gasteiger partial charge in [-0.1, -0.05) is 30.3 Å². The second-order valence-electron chi connectivity index (χ2n) is 8.11. The smallest absolute Gasteiger partial charge is 0.228 e. The van der Waals surface area contributed by atoms with Crippen LogP contribution in [0, 0.1) is 5.92 Å². The van der Waals surface area contributed by atoms with E-state index in [-0.39, 0.29) is 12.3 Å². The first-order chi connectivity index (χ1) is 14.9. The van der Waals surface area contributed by atoms with Crippen LogP contribution in [-0.4, -0.2) is 64.6 Å². The molecule has 0 aromatic heterocycles. The summed E-state index contributed by atoms with van der Waals surface area (Å²) in [6.07, 6.45) is -1.86. The first kappa shape index (κ1) is 21.5. The Morgan fingerprint density at radius 2 is 1.87 bits per heavy atom. The predicted molar refractivity (Wildman–Crippen MR) is 122 cm³/mol. The highest BCUT2D eigenvalue weighted by Crippen LogP contribution is 2.38. The zero-order chi connectivity index (χ0) is 22.1. The minimum atomic E-state index is -1.02. The van der Waals surface area contributed by atoms with Gasteiger partial charge >= 0.3 is 0 Å². The van der Waals surface area contributed by atoms with Gasteiger partial charge in [0.05, 0.1) is 31.2 Å². The van der Waals surface area contributed by atoms with Crippen LogP contribution in [0.1, 0.15) is 12.0 Å². The Morgan fingerprint density at radius 3 is 2.52 bits per heavy atom. The van der Waals surface area contributed by atoms with Crippen LogP contribution in [0.5, 0.6) is 5.75 Å². The topological polar surface area (TPSA) is 85.3 Å². The Labute approximate surface area is 187 Å². The van der Waals surface area contributed by atoms with Gasteiger partial charge in [-0.05, 0) is 48.5 Å². The number of hydrogen-bond acceptors (Lipinski definition) is 5. The molecule has 0 spiro atoms. The lowest BCUT2D eigenvalue weighted by molar-refractivity contribution is -0.141. The molecule has 1 saturated carbocycles. The molecule has 2 aliphatic rings. The molecule has 5 atom stereocenters. The second kappa shape index (κ2) is 8.82. The van der Waals surface area contributed by atoms with Crippen LogP contribution in [0.4, 0.5) is 5.69 Å². The molecule has 1 aliphatic heterocycles. The van der Waals surface area contributed by atoms with E-state index in [1.54, 1.807) is 19.1 Å². The second-order valence-corrected chi connectivity index (χ2v) is 8.50. The van der Waals surface area contributed by atoms with Crippen molar-refractivity contribution >= 4 is 28.9 Å². The Bertz CT molecular complexity index is 940. The van der Waals surface area contributed by atoms with Crippen molar-refractivity contribution in [3.05, 3.63) is 60.2 Å². The summed E-state index contributed by atoms with van der Waals surface area (Å²) >= 11 is 5.57. The molecule has 7 nitrogen and oxygen atoms in total. The zero-order valence-electron chi connectivity index (χ0n) is 17.5. The van der Waals surface area contributed by atoms with Gasteiger partial charge in [0, 0.05) is 19.3 Å². The molecule has 0 radical (unpaired) electrons. The highest BCUT2D eigenvalue weighted by molar-refractivity contribution is 7.80. The number of nitrogens with one attached hydrogen (secondary N) is 1. The molecule has 0 bridgehead atoms. The molecule has 2 fully saturated rings. The summed E-state index contributed by atoms with van der Waals surface area (Å²) in [5, 5.41) is 24.7. The van der Waals surface area contributed by atoms with Gasteiger partial charge < -0.3 is 30.1 Å². The van der Waals surface area contributed by atoms with Crippen molar-refractivity contribution in [1.82, 2.24) is 10.2 Å². The van der Waals surface area contributed by atoms with Gasteiger partial charge in [0.2, 0.25) is 5.91 Å². The lowest BCUT2D eigenvalue weighted by Gasteiger charge is -2.42. The lowest BCUT2D eigenvalue weighted by atomic mass is 9.77. The summed E-state index contributed by atoms with van der Waals surface area (Å²) in [7, 11) is 3.36. The maximum absolute atomic E-state index is 13.5. The minimum Gasteiger partial charge on any atom is -0.497 e. The number of nitrogens with zero attached hydrogens (tertiary/aromatic N) is 2. The molecule has 3 N–H and O–H groups in total. The van der Waals surface area contributed by atoms with E-state index in [0.29, 0.717) is 17.4 Å². The lowest BCUT2D eigenvalue weighted by Crippen LogP contribution is -2.61. The van der Waals surface area contributed by atoms with Gasteiger partial charge in [-0.25, -0.2) is 0 Å². The van der Waals surface area contributed by atoms with Crippen LogP contribution >= 0.6 is 12.2 Å². The van der Waals surface area contributed by atoms with Crippen LogP contribution in [0.3, 0.4) is 0 Å². The Kier molecular flexibility index (Phi) is 6.13. The van der Waals surface area contributed by atoms with Gasteiger partial charge in [-0.2, -0.15) is 0 Å². The van der Waals surface area contributed by atoms with Crippen LogP contribution in [0.15, 0.2) is 54.6 Å². The molecule has 1 amide bonds. The summed E-state index contributed by atoms with van der Waals surface area (Å²) in [6.45, 7) is 0.465. The number of hydrogen-bond donors (Lipinski definition) is 3. The van der Waals surface area contributed by atoms with Gasteiger partial charge in [0.15, 0.2) is 5.11 Å². The number of carbonyl (C=O) groups is 1. The number of anilines is 1. The molecule has 31 heavy (non-hydrogen) atoms. The van der Waals surface area contributed by atoms with Gasteiger partial charge in [0.25, 0.3) is 0 Å². The van der Waals surface area contributed by atoms with E-state index >= 15 is 0 Å². The van der Waals surface area contributed by atoms with Crippen LogP contribution in [0.25, 0.3) is 0 Å². The van der Waals surface area contributed by atoms with E-state index < -0.39 is 30.2 Å². The number of aliphatic hydroxyl groups excluding tert-OH is 2. The first-order valence-electron chi connectivity index (χ1n) is 10.3. The Balaban J connectivity index is 1.63. The SMILES string of the molecule is COc1ccc(N2C(=S)N[C@H]3[C@@H](O)[C@H](O)C[C@@H](C(=O)N(C)Cc4ccccc4)[C@H]32)cc1. The van der Waals surface area contributed by atoms with Crippen LogP contribution in [-0.2, 0) is 11.3 Å². The number of fused-ring (bicyclic) bond motifs is 1. The monoisotopic (exact) mass is 441 g/mol. The number of thiocarbonyl (C=S) groups is 1. The summed E-state index contributed by atoms with van der Waals surface area (Å²) in [5.74, 6) is 0.0923. The highest BCUT2D eigenvalue weighted by atomic mass is 32.1. The maximum atomic E-state index is 13.5. The molecule has 1 saturated heterocycles. The number of amides is 1. The van der Waals surface area contributed by atoms with Crippen LogP contribution < -0.4 is 15.0 Å². The van der Waals surface area contributed by atoms with E-state index in [0.717, 1.165) is 11.3 Å². The molecule has 2 aromatic carbocycles. The van der Waals surface area contributed by atoms with E-state index in [1.807, 2.05) is 59.5 Å². The van der Waals surface area contributed by atoms with Crippen molar-refractivity contribution in [3.63, 3.8) is 0 Å². The van der Waals surface area contributed by atoms with E-state index in [1.165, 1.54) is 0 Å². The fourth-order valence-corrected chi connectivity index (χ4v) is 4.95. The highest BCUT2D eigenvalue weighted by Gasteiger charge is 2.54. The number of ether oxygens (including phenoxy) is 1. The largest absolute Gasteiger partial charge is 0.497 e. The van der Waals surface area contributed by atoms with Gasteiger partial charge in [0.1, 0.15) is 11.9 Å². The normalized spacial score (nSPS) is 27.4. The van der Waals surface area contributed by atoms with Crippen molar-refractivity contribution in [3.8, 4) is 5.75 Å².